The number of benzene rings is 2. The van der Waals surface area contributed by atoms with E-state index in [0.29, 0.717) is 10.6 Å². The molecule has 3 nitrogen and oxygen atoms in total. The fraction of sp³-hybridized carbons (Fsp3) is 0.0526. The van der Waals surface area contributed by atoms with Crippen LogP contribution in [0.1, 0.15) is 10.6 Å². The molecule has 0 aliphatic heterocycles. The summed E-state index contributed by atoms with van der Waals surface area (Å²) in [7, 11) is 1.64. The van der Waals surface area contributed by atoms with Crippen molar-refractivity contribution in [3.8, 4) is 23.1 Å². The molecule has 0 spiro atoms. The molecule has 0 atom stereocenters. The van der Waals surface area contributed by atoms with E-state index in [1.807, 2.05) is 60.0 Å². The fourth-order valence-corrected chi connectivity index (χ4v) is 3.41. The maximum Gasteiger partial charge on any atom is 0.134 e. The molecule has 24 heavy (non-hydrogen) atoms. The van der Waals surface area contributed by atoms with Gasteiger partial charge in [0, 0.05) is 15.4 Å². The summed E-state index contributed by atoms with van der Waals surface area (Å²) in [5.41, 5.74) is 3.37. The summed E-state index contributed by atoms with van der Waals surface area (Å²) in [5.74, 6) is 0.807. The number of thiazole rings is 1. The molecule has 0 aliphatic carbocycles. The molecule has 1 heterocycles. The van der Waals surface area contributed by atoms with Gasteiger partial charge in [-0.1, -0.05) is 28.1 Å². The highest BCUT2D eigenvalue weighted by atomic mass is 79.9. The van der Waals surface area contributed by atoms with Gasteiger partial charge in [0.05, 0.1) is 18.4 Å². The topological polar surface area (TPSA) is 45.9 Å². The third-order valence-corrected chi connectivity index (χ3v) is 4.77. The summed E-state index contributed by atoms with van der Waals surface area (Å²) >= 11 is 4.91. The third kappa shape index (κ3) is 3.73. The normalized spacial score (nSPS) is 11.1. The zero-order valence-corrected chi connectivity index (χ0v) is 15.3. The molecule has 0 radical (unpaired) electrons. The highest BCUT2D eigenvalue weighted by Gasteiger charge is 2.09. The smallest absolute Gasteiger partial charge is 0.134 e. The number of nitriles is 1. The van der Waals surface area contributed by atoms with Crippen LogP contribution in [0.25, 0.3) is 22.9 Å². The van der Waals surface area contributed by atoms with Gasteiger partial charge in [0.25, 0.3) is 0 Å². The van der Waals surface area contributed by atoms with Gasteiger partial charge < -0.3 is 4.74 Å². The van der Waals surface area contributed by atoms with Crippen LogP contribution in [0.2, 0.25) is 0 Å². The Labute approximate surface area is 153 Å². The molecule has 2 aromatic carbocycles. The number of aromatic nitrogens is 1. The van der Waals surface area contributed by atoms with Gasteiger partial charge in [0.1, 0.15) is 16.8 Å². The van der Waals surface area contributed by atoms with Crippen molar-refractivity contribution >= 4 is 38.9 Å². The lowest BCUT2D eigenvalue weighted by atomic mass is 10.1. The van der Waals surface area contributed by atoms with Crippen molar-refractivity contribution in [3.63, 3.8) is 0 Å². The molecule has 3 rings (SSSR count). The largest absolute Gasteiger partial charge is 0.497 e. The van der Waals surface area contributed by atoms with Gasteiger partial charge in [-0.3, -0.25) is 0 Å². The monoisotopic (exact) mass is 396 g/mol. The number of methoxy groups -OCH3 is 1. The van der Waals surface area contributed by atoms with Crippen molar-refractivity contribution < 1.29 is 4.74 Å². The molecule has 0 fully saturated rings. The van der Waals surface area contributed by atoms with Gasteiger partial charge >= 0.3 is 0 Å². The van der Waals surface area contributed by atoms with Crippen LogP contribution in [0.4, 0.5) is 0 Å². The van der Waals surface area contributed by atoms with Crippen molar-refractivity contribution in [2.45, 2.75) is 0 Å². The second-order valence-corrected chi connectivity index (χ2v) is 6.77. The van der Waals surface area contributed by atoms with Crippen molar-refractivity contribution in [3.05, 3.63) is 69.0 Å². The number of rotatable bonds is 4. The Morgan fingerprint density at radius 1 is 1.25 bits per heavy atom. The van der Waals surface area contributed by atoms with E-state index >= 15 is 0 Å². The summed E-state index contributed by atoms with van der Waals surface area (Å²) in [4.78, 5) is 4.60. The van der Waals surface area contributed by atoms with E-state index in [0.717, 1.165) is 27.0 Å². The van der Waals surface area contributed by atoms with Gasteiger partial charge in [-0.05, 0) is 48.0 Å². The van der Waals surface area contributed by atoms with E-state index in [1.54, 1.807) is 7.11 Å². The van der Waals surface area contributed by atoms with Gasteiger partial charge in [0.15, 0.2) is 0 Å². The van der Waals surface area contributed by atoms with Gasteiger partial charge in [-0.2, -0.15) is 5.26 Å². The van der Waals surface area contributed by atoms with Crippen LogP contribution in [0.3, 0.4) is 0 Å². The van der Waals surface area contributed by atoms with Crippen LogP contribution in [0, 0.1) is 11.3 Å². The molecule has 3 aromatic rings. The number of hydrogen-bond donors (Lipinski definition) is 0. The number of ether oxygens (including phenoxy) is 1. The van der Waals surface area contributed by atoms with E-state index in [1.165, 1.54) is 11.3 Å². The SMILES string of the molecule is COc1ccc(-c2csc(/C(C#N)=C\c3cccc(Br)c3)n2)cc1. The molecule has 0 aliphatic rings. The van der Waals surface area contributed by atoms with Crippen LogP contribution in [0.5, 0.6) is 5.75 Å². The summed E-state index contributed by atoms with van der Waals surface area (Å²) in [5, 5.41) is 12.2. The molecule has 0 saturated carbocycles. The first kappa shape index (κ1) is 16.4. The minimum atomic E-state index is 0.554. The molecular formula is C19H13BrN2OS. The van der Waals surface area contributed by atoms with Crippen molar-refractivity contribution in [2.75, 3.05) is 7.11 Å². The Hall–Kier alpha value is -2.42. The van der Waals surface area contributed by atoms with E-state index in [9.17, 15) is 5.26 Å². The first-order valence-corrected chi connectivity index (χ1v) is 8.84. The highest BCUT2D eigenvalue weighted by molar-refractivity contribution is 9.10. The quantitative estimate of drug-likeness (QED) is 0.535. The predicted molar refractivity (Wildman–Crippen MR) is 102 cm³/mol. The van der Waals surface area contributed by atoms with Crippen molar-refractivity contribution in [1.82, 2.24) is 4.98 Å². The standard InChI is InChI=1S/C19H13BrN2OS/c1-23-17-7-5-14(6-8-17)18-12-24-19(22-18)15(11-21)9-13-3-2-4-16(20)10-13/h2-10,12H,1H3/b15-9-. The summed E-state index contributed by atoms with van der Waals surface area (Å²) in [6.07, 6.45) is 1.85. The number of halogens is 1. The molecule has 5 heteroatoms. The lowest BCUT2D eigenvalue weighted by Crippen LogP contribution is -1.84. The Morgan fingerprint density at radius 3 is 2.71 bits per heavy atom. The summed E-state index contributed by atoms with van der Waals surface area (Å²) < 4.78 is 6.15. The van der Waals surface area contributed by atoms with E-state index in [2.05, 4.69) is 27.0 Å². The van der Waals surface area contributed by atoms with Crippen LogP contribution in [-0.2, 0) is 0 Å². The molecule has 0 amide bonds. The summed E-state index contributed by atoms with van der Waals surface area (Å²) in [6, 6.07) is 17.8. The maximum absolute atomic E-state index is 9.48. The molecule has 1 aromatic heterocycles. The first-order chi connectivity index (χ1) is 11.7. The Balaban J connectivity index is 1.91. The average molecular weight is 397 g/mol. The summed E-state index contributed by atoms with van der Waals surface area (Å²) in [6.45, 7) is 0. The van der Waals surface area contributed by atoms with Crippen molar-refractivity contribution in [2.24, 2.45) is 0 Å². The lowest BCUT2D eigenvalue weighted by Gasteiger charge is -2.00. The molecule has 0 N–H and O–H groups in total. The van der Waals surface area contributed by atoms with Gasteiger partial charge in [-0.15, -0.1) is 11.3 Å². The maximum atomic E-state index is 9.48. The Kier molecular flexibility index (Phi) is 5.09. The predicted octanol–water partition coefficient (Wildman–Crippen LogP) is 5.65. The van der Waals surface area contributed by atoms with E-state index in [-0.39, 0.29) is 0 Å². The van der Waals surface area contributed by atoms with Crippen molar-refractivity contribution in [1.29, 1.82) is 5.26 Å². The number of hydrogen-bond acceptors (Lipinski definition) is 4. The zero-order chi connectivity index (χ0) is 16.9. The second kappa shape index (κ2) is 7.43. The fourth-order valence-electron chi connectivity index (χ4n) is 2.20. The van der Waals surface area contributed by atoms with Crippen LogP contribution >= 0.6 is 27.3 Å². The highest BCUT2D eigenvalue weighted by Crippen LogP contribution is 2.28. The van der Waals surface area contributed by atoms with E-state index in [4.69, 9.17) is 4.74 Å². The molecule has 0 bridgehead atoms. The lowest BCUT2D eigenvalue weighted by molar-refractivity contribution is 0.415. The van der Waals surface area contributed by atoms with Crippen LogP contribution in [-0.4, -0.2) is 12.1 Å². The first-order valence-electron chi connectivity index (χ1n) is 7.17. The molecular weight excluding hydrogens is 384 g/mol. The molecule has 0 unspecified atom stereocenters. The Bertz CT molecular complexity index is 923. The molecule has 118 valence electrons. The third-order valence-electron chi connectivity index (χ3n) is 3.40. The van der Waals surface area contributed by atoms with Crippen LogP contribution < -0.4 is 4.74 Å². The minimum Gasteiger partial charge on any atom is -0.497 e. The number of nitrogens with zero attached hydrogens (tertiary/aromatic N) is 2. The minimum absolute atomic E-state index is 0.554. The zero-order valence-electron chi connectivity index (χ0n) is 12.9. The number of allylic oxidation sites excluding steroid dienone is 1. The van der Waals surface area contributed by atoms with E-state index < -0.39 is 0 Å². The van der Waals surface area contributed by atoms with Gasteiger partial charge in [0.2, 0.25) is 0 Å². The Morgan fingerprint density at radius 2 is 2.04 bits per heavy atom. The second-order valence-electron chi connectivity index (χ2n) is 4.99. The van der Waals surface area contributed by atoms with Gasteiger partial charge in [-0.25, -0.2) is 4.98 Å². The average Bonchev–Trinajstić information content (AvgIpc) is 3.10. The molecule has 0 saturated heterocycles. The van der Waals surface area contributed by atoms with Crippen LogP contribution in [0.15, 0.2) is 58.4 Å².